The van der Waals surface area contributed by atoms with Crippen LogP contribution >= 0.6 is 0 Å². The van der Waals surface area contributed by atoms with Crippen LogP contribution in [-0.4, -0.2) is 7.85 Å². The predicted octanol–water partition coefficient (Wildman–Crippen LogP) is 2.77. The molecule has 0 heterocycles. The molecule has 0 atom stereocenters. The van der Waals surface area contributed by atoms with Crippen molar-refractivity contribution in [1.82, 2.24) is 0 Å². The lowest BCUT2D eigenvalue weighted by atomic mass is 9.79. The summed E-state index contributed by atoms with van der Waals surface area (Å²) in [5.41, 5.74) is 2.35. The van der Waals surface area contributed by atoms with E-state index in [2.05, 4.69) is 19.1 Å². The average Bonchev–Trinajstić information content (AvgIpc) is 2.21. The third-order valence-electron chi connectivity index (χ3n) is 3.42. The molecule has 1 aliphatic carbocycles. The number of rotatable bonds is 1. The first-order chi connectivity index (χ1) is 6.75. The summed E-state index contributed by atoms with van der Waals surface area (Å²) in [7, 11) is 5.68. The molecule has 0 aromatic heterocycles. The minimum Gasteiger partial charge on any atom is -0.0967 e. The van der Waals surface area contributed by atoms with Crippen LogP contribution in [0.3, 0.4) is 0 Å². The monoisotopic (exact) mass is 184 g/mol. The van der Waals surface area contributed by atoms with Crippen molar-refractivity contribution in [2.24, 2.45) is 5.92 Å². The van der Waals surface area contributed by atoms with Gasteiger partial charge in [0.2, 0.25) is 0 Å². The van der Waals surface area contributed by atoms with Crippen molar-refractivity contribution in [1.29, 1.82) is 0 Å². The Labute approximate surface area is 88.1 Å². The van der Waals surface area contributed by atoms with Gasteiger partial charge in [-0.3, -0.25) is 0 Å². The van der Waals surface area contributed by atoms with E-state index < -0.39 is 0 Å². The van der Waals surface area contributed by atoms with Crippen LogP contribution in [0.1, 0.15) is 44.1 Å². The minimum atomic E-state index is 0.784. The molecule has 1 aromatic rings. The topological polar surface area (TPSA) is 0 Å². The van der Waals surface area contributed by atoms with Gasteiger partial charge in [-0.1, -0.05) is 49.5 Å². The highest BCUT2D eigenvalue weighted by molar-refractivity contribution is 6.32. The van der Waals surface area contributed by atoms with Gasteiger partial charge in [-0.2, -0.15) is 0 Å². The molecule has 1 saturated carbocycles. The maximum Gasteiger partial charge on any atom is 0.113 e. The van der Waals surface area contributed by atoms with E-state index in [-0.39, 0.29) is 0 Å². The van der Waals surface area contributed by atoms with E-state index in [4.69, 9.17) is 7.85 Å². The fourth-order valence-electron chi connectivity index (χ4n) is 2.36. The van der Waals surface area contributed by atoms with Crippen LogP contribution < -0.4 is 5.46 Å². The van der Waals surface area contributed by atoms with Gasteiger partial charge in [-0.15, -0.1) is 0 Å². The van der Waals surface area contributed by atoms with Crippen molar-refractivity contribution >= 4 is 13.3 Å². The molecule has 0 saturated heterocycles. The highest BCUT2D eigenvalue weighted by Crippen LogP contribution is 2.34. The Hall–Kier alpha value is -0.715. The first-order valence-corrected chi connectivity index (χ1v) is 5.61. The average molecular weight is 184 g/mol. The normalized spacial score (nSPS) is 27.5. The lowest BCUT2D eigenvalue weighted by Crippen LogP contribution is -2.11. The molecular weight excluding hydrogens is 167 g/mol. The Kier molecular flexibility index (Phi) is 2.95. The standard InChI is InChI=1S/C13H17B/c1-10-2-4-11(5-3-10)12-6-8-13(14)9-7-12/h6-11H,2-5H2,1H3. The molecule has 14 heavy (non-hydrogen) atoms. The molecule has 0 N–H and O–H groups in total. The van der Waals surface area contributed by atoms with Crippen molar-refractivity contribution in [3.05, 3.63) is 29.8 Å². The van der Waals surface area contributed by atoms with E-state index >= 15 is 0 Å². The Morgan fingerprint density at radius 2 is 1.57 bits per heavy atom. The molecule has 1 heteroatoms. The van der Waals surface area contributed by atoms with Gasteiger partial charge in [0.05, 0.1) is 0 Å². The molecule has 1 aliphatic rings. The molecule has 0 unspecified atom stereocenters. The SMILES string of the molecule is [B]c1ccc(C2CCC(C)CC2)cc1. The quantitative estimate of drug-likeness (QED) is 0.588. The molecular formula is C13H17B. The van der Waals surface area contributed by atoms with Gasteiger partial charge in [0.1, 0.15) is 7.85 Å². The molecule has 0 bridgehead atoms. The molecule has 0 spiro atoms. The number of hydrogen-bond donors (Lipinski definition) is 0. The van der Waals surface area contributed by atoms with Gasteiger partial charge in [0.25, 0.3) is 0 Å². The van der Waals surface area contributed by atoms with Crippen LogP contribution in [0.4, 0.5) is 0 Å². The van der Waals surface area contributed by atoms with Crippen LogP contribution in [0.5, 0.6) is 0 Å². The van der Waals surface area contributed by atoms with Crippen molar-refractivity contribution in [3.63, 3.8) is 0 Å². The van der Waals surface area contributed by atoms with Crippen molar-refractivity contribution in [2.75, 3.05) is 0 Å². The minimum absolute atomic E-state index is 0.784. The Morgan fingerprint density at radius 3 is 2.14 bits per heavy atom. The second-order valence-corrected chi connectivity index (χ2v) is 4.62. The van der Waals surface area contributed by atoms with E-state index in [9.17, 15) is 0 Å². The van der Waals surface area contributed by atoms with Crippen LogP contribution in [0, 0.1) is 5.92 Å². The maximum atomic E-state index is 5.68. The zero-order chi connectivity index (χ0) is 9.97. The summed E-state index contributed by atoms with van der Waals surface area (Å²) in [4.78, 5) is 0. The molecule has 2 rings (SSSR count). The fraction of sp³-hybridized carbons (Fsp3) is 0.538. The van der Waals surface area contributed by atoms with Gasteiger partial charge in [0, 0.05) is 0 Å². The van der Waals surface area contributed by atoms with E-state index in [1.54, 1.807) is 0 Å². The molecule has 2 radical (unpaired) electrons. The lowest BCUT2D eigenvalue weighted by molar-refractivity contribution is 0.348. The molecule has 1 aromatic carbocycles. The summed E-state index contributed by atoms with van der Waals surface area (Å²) in [5.74, 6) is 1.71. The summed E-state index contributed by atoms with van der Waals surface area (Å²) < 4.78 is 0. The smallest absolute Gasteiger partial charge is 0.0967 e. The second-order valence-electron chi connectivity index (χ2n) is 4.62. The largest absolute Gasteiger partial charge is 0.113 e. The van der Waals surface area contributed by atoms with Crippen LogP contribution in [-0.2, 0) is 0 Å². The number of hydrogen-bond acceptors (Lipinski definition) is 0. The van der Waals surface area contributed by atoms with Gasteiger partial charge in [-0.25, -0.2) is 0 Å². The van der Waals surface area contributed by atoms with Gasteiger partial charge >= 0.3 is 0 Å². The third kappa shape index (κ3) is 2.20. The fourth-order valence-corrected chi connectivity index (χ4v) is 2.36. The zero-order valence-corrected chi connectivity index (χ0v) is 8.87. The maximum absolute atomic E-state index is 5.68. The van der Waals surface area contributed by atoms with Crippen LogP contribution in [0.15, 0.2) is 24.3 Å². The predicted molar refractivity (Wildman–Crippen MR) is 62.2 cm³/mol. The summed E-state index contributed by atoms with van der Waals surface area (Å²) in [6.07, 6.45) is 5.47. The highest BCUT2D eigenvalue weighted by Gasteiger charge is 2.19. The van der Waals surface area contributed by atoms with E-state index in [1.807, 2.05) is 12.1 Å². The van der Waals surface area contributed by atoms with Crippen LogP contribution in [0.25, 0.3) is 0 Å². The van der Waals surface area contributed by atoms with Crippen molar-refractivity contribution in [3.8, 4) is 0 Å². The van der Waals surface area contributed by atoms with E-state index in [0.717, 1.165) is 17.3 Å². The molecule has 0 nitrogen and oxygen atoms in total. The van der Waals surface area contributed by atoms with E-state index in [0.29, 0.717) is 0 Å². The van der Waals surface area contributed by atoms with E-state index in [1.165, 1.54) is 31.2 Å². The summed E-state index contributed by atoms with van der Waals surface area (Å²) in [5, 5.41) is 0. The Bertz CT molecular complexity index is 281. The zero-order valence-electron chi connectivity index (χ0n) is 8.87. The molecule has 0 aliphatic heterocycles. The first-order valence-electron chi connectivity index (χ1n) is 5.61. The lowest BCUT2D eigenvalue weighted by Gasteiger charge is -2.26. The summed E-state index contributed by atoms with van der Waals surface area (Å²) >= 11 is 0. The van der Waals surface area contributed by atoms with Crippen molar-refractivity contribution in [2.45, 2.75) is 38.5 Å². The molecule has 0 amide bonds. The Morgan fingerprint density at radius 1 is 1.00 bits per heavy atom. The first kappa shape index (κ1) is 9.83. The van der Waals surface area contributed by atoms with Gasteiger partial charge < -0.3 is 0 Å². The van der Waals surface area contributed by atoms with Gasteiger partial charge in [0.15, 0.2) is 0 Å². The number of benzene rings is 1. The summed E-state index contributed by atoms with van der Waals surface area (Å²) in [6, 6.07) is 8.42. The third-order valence-corrected chi connectivity index (χ3v) is 3.42. The Balaban J connectivity index is 2.05. The summed E-state index contributed by atoms with van der Waals surface area (Å²) in [6.45, 7) is 2.36. The molecule has 1 fully saturated rings. The van der Waals surface area contributed by atoms with Crippen molar-refractivity contribution < 1.29 is 0 Å². The molecule has 72 valence electrons. The second kappa shape index (κ2) is 4.21. The highest BCUT2D eigenvalue weighted by atomic mass is 14.2. The van der Waals surface area contributed by atoms with Gasteiger partial charge in [-0.05, 0) is 30.2 Å². The van der Waals surface area contributed by atoms with Crippen LogP contribution in [0.2, 0.25) is 0 Å².